The van der Waals surface area contributed by atoms with Crippen LogP contribution in [-0.4, -0.2) is 28.2 Å². The van der Waals surface area contributed by atoms with Gasteiger partial charge >= 0.3 is 5.97 Å². The minimum absolute atomic E-state index is 0.0986. The largest absolute Gasteiger partial charge is 0.481 e. The van der Waals surface area contributed by atoms with Crippen LogP contribution >= 0.6 is 0 Å². The van der Waals surface area contributed by atoms with E-state index >= 15 is 0 Å². The Morgan fingerprint density at radius 2 is 1.70 bits per heavy atom. The topological polar surface area (TPSA) is 72.3 Å². The van der Waals surface area contributed by atoms with Crippen molar-refractivity contribution >= 4 is 5.97 Å². The first kappa shape index (κ1) is 16.6. The molecule has 0 saturated carbocycles. The molecule has 0 fully saturated rings. The predicted octanol–water partition coefficient (Wildman–Crippen LogP) is 2.77. The number of nitrogens with zero attached hydrogens (tertiary/aromatic N) is 2. The van der Waals surface area contributed by atoms with E-state index < -0.39 is 11.6 Å². The molecule has 0 bridgehead atoms. The second-order valence-electron chi connectivity index (χ2n) is 5.00. The molecule has 1 rings (SSSR count). The highest BCUT2D eigenvalue weighted by molar-refractivity contribution is 5.67. The summed E-state index contributed by atoms with van der Waals surface area (Å²) in [6, 6.07) is 0. The first-order chi connectivity index (χ1) is 9.40. The van der Waals surface area contributed by atoms with E-state index in [1.54, 1.807) is 7.11 Å². The molecule has 112 valence electrons. The number of aromatic nitrogens is 2. The van der Waals surface area contributed by atoms with Crippen molar-refractivity contribution < 1.29 is 14.6 Å². The summed E-state index contributed by atoms with van der Waals surface area (Å²) in [6.45, 7) is 7.92. The highest BCUT2D eigenvalue weighted by Gasteiger charge is 2.32. The van der Waals surface area contributed by atoms with E-state index in [1.165, 1.54) is 0 Å². The van der Waals surface area contributed by atoms with Crippen molar-refractivity contribution in [1.29, 1.82) is 0 Å². The molecule has 1 aromatic heterocycles. The Morgan fingerprint density at radius 1 is 1.20 bits per heavy atom. The van der Waals surface area contributed by atoms with Gasteiger partial charge in [0, 0.05) is 24.9 Å². The standard InChI is InChI=1S/C15H24N2O3/c1-6-15(7-2,20-5)14-16-10(3)12(11(4)17-14)8-9-13(18)19/h6-9H2,1-5H3,(H,18,19). The maximum atomic E-state index is 10.7. The van der Waals surface area contributed by atoms with Crippen molar-refractivity contribution in [2.45, 2.75) is 59.0 Å². The van der Waals surface area contributed by atoms with Crippen molar-refractivity contribution in [3.8, 4) is 0 Å². The molecule has 0 atom stereocenters. The number of aliphatic carboxylic acids is 1. The first-order valence-electron chi connectivity index (χ1n) is 7.01. The summed E-state index contributed by atoms with van der Waals surface area (Å²) in [5.41, 5.74) is 2.16. The van der Waals surface area contributed by atoms with E-state index in [0.717, 1.165) is 29.8 Å². The molecule has 0 aromatic carbocycles. The van der Waals surface area contributed by atoms with Gasteiger partial charge in [-0.15, -0.1) is 0 Å². The number of hydrogen-bond acceptors (Lipinski definition) is 4. The predicted molar refractivity (Wildman–Crippen MR) is 76.7 cm³/mol. The van der Waals surface area contributed by atoms with Gasteiger partial charge in [-0.1, -0.05) is 13.8 Å². The Labute approximate surface area is 120 Å². The molecule has 0 aliphatic rings. The molecule has 0 aliphatic carbocycles. The van der Waals surface area contributed by atoms with Gasteiger partial charge in [-0.2, -0.15) is 0 Å². The molecule has 1 aromatic rings. The third-order valence-electron chi connectivity index (χ3n) is 3.95. The Hall–Kier alpha value is -1.49. The van der Waals surface area contributed by atoms with Gasteiger partial charge in [-0.05, 0) is 38.7 Å². The third kappa shape index (κ3) is 3.33. The van der Waals surface area contributed by atoms with Crippen molar-refractivity contribution in [3.63, 3.8) is 0 Å². The lowest BCUT2D eigenvalue weighted by Gasteiger charge is -2.29. The quantitative estimate of drug-likeness (QED) is 0.831. The molecular weight excluding hydrogens is 256 g/mol. The van der Waals surface area contributed by atoms with Gasteiger partial charge in [0.25, 0.3) is 0 Å². The fourth-order valence-corrected chi connectivity index (χ4v) is 2.48. The van der Waals surface area contributed by atoms with E-state index in [4.69, 9.17) is 9.84 Å². The van der Waals surface area contributed by atoms with Crippen LogP contribution in [0.4, 0.5) is 0 Å². The molecular formula is C15H24N2O3. The molecule has 0 saturated heterocycles. The maximum absolute atomic E-state index is 10.7. The minimum Gasteiger partial charge on any atom is -0.481 e. The number of rotatable bonds is 7. The molecule has 1 N–H and O–H groups in total. The minimum atomic E-state index is -0.804. The second-order valence-corrected chi connectivity index (χ2v) is 5.00. The highest BCUT2D eigenvalue weighted by Crippen LogP contribution is 2.30. The van der Waals surface area contributed by atoms with Crippen LogP contribution < -0.4 is 0 Å². The lowest BCUT2D eigenvalue weighted by Crippen LogP contribution is -2.30. The molecule has 0 aliphatic heterocycles. The van der Waals surface area contributed by atoms with Crippen LogP contribution in [0.1, 0.15) is 55.9 Å². The van der Waals surface area contributed by atoms with Gasteiger partial charge in [0.05, 0.1) is 0 Å². The summed E-state index contributed by atoms with van der Waals surface area (Å²) in [4.78, 5) is 19.8. The van der Waals surface area contributed by atoms with E-state index in [2.05, 4.69) is 23.8 Å². The molecule has 20 heavy (non-hydrogen) atoms. The van der Waals surface area contributed by atoms with E-state index in [-0.39, 0.29) is 6.42 Å². The Morgan fingerprint density at radius 3 is 2.05 bits per heavy atom. The zero-order valence-corrected chi connectivity index (χ0v) is 13.0. The van der Waals surface area contributed by atoms with E-state index in [9.17, 15) is 4.79 Å². The van der Waals surface area contributed by atoms with E-state index in [0.29, 0.717) is 12.2 Å². The van der Waals surface area contributed by atoms with Crippen LogP contribution in [0.5, 0.6) is 0 Å². The Kier molecular flexibility index (Phi) is 5.62. The normalized spacial score (nSPS) is 11.7. The van der Waals surface area contributed by atoms with Crippen molar-refractivity contribution in [1.82, 2.24) is 9.97 Å². The summed E-state index contributed by atoms with van der Waals surface area (Å²) in [6.07, 6.45) is 2.16. The van der Waals surface area contributed by atoms with Crippen LogP contribution in [0, 0.1) is 13.8 Å². The molecule has 0 amide bonds. The van der Waals surface area contributed by atoms with Crippen molar-refractivity contribution in [2.75, 3.05) is 7.11 Å². The van der Waals surface area contributed by atoms with Gasteiger partial charge in [0.2, 0.25) is 0 Å². The van der Waals surface area contributed by atoms with Crippen molar-refractivity contribution in [3.05, 3.63) is 22.8 Å². The SMILES string of the molecule is CCC(CC)(OC)c1nc(C)c(CCC(=O)O)c(C)n1. The van der Waals surface area contributed by atoms with Crippen LogP contribution in [0.2, 0.25) is 0 Å². The number of ether oxygens (including phenoxy) is 1. The second kappa shape index (κ2) is 6.79. The fraction of sp³-hybridized carbons (Fsp3) is 0.667. The fourth-order valence-electron chi connectivity index (χ4n) is 2.48. The van der Waals surface area contributed by atoms with E-state index in [1.807, 2.05) is 13.8 Å². The third-order valence-corrected chi connectivity index (χ3v) is 3.95. The Bertz CT molecular complexity index is 451. The van der Waals surface area contributed by atoms with Crippen LogP contribution in [0.15, 0.2) is 0 Å². The summed E-state index contributed by atoms with van der Waals surface area (Å²) >= 11 is 0. The molecule has 1 heterocycles. The number of aryl methyl sites for hydroxylation is 2. The zero-order valence-electron chi connectivity index (χ0n) is 13.0. The average molecular weight is 280 g/mol. The van der Waals surface area contributed by atoms with Gasteiger partial charge in [-0.3, -0.25) is 4.79 Å². The van der Waals surface area contributed by atoms with Crippen LogP contribution in [0.25, 0.3) is 0 Å². The van der Waals surface area contributed by atoms with Crippen LogP contribution in [-0.2, 0) is 21.6 Å². The number of methoxy groups -OCH3 is 1. The van der Waals surface area contributed by atoms with Gasteiger partial charge in [0.1, 0.15) is 5.60 Å². The lowest BCUT2D eigenvalue weighted by molar-refractivity contribution is -0.136. The molecule has 0 spiro atoms. The van der Waals surface area contributed by atoms with Gasteiger partial charge < -0.3 is 9.84 Å². The Balaban J connectivity index is 3.18. The smallest absolute Gasteiger partial charge is 0.303 e. The molecule has 5 heteroatoms. The van der Waals surface area contributed by atoms with Gasteiger partial charge in [-0.25, -0.2) is 9.97 Å². The van der Waals surface area contributed by atoms with Crippen LogP contribution in [0.3, 0.4) is 0 Å². The lowest BCUT2D eigenvalue weighted by atomic mass is 9.95. The first-order valence-corrected chi connectivity index (χ1v) is 7.01. The van der Waals surface area contributed by atoms with Gasteiger partial charge in [0.15, 0.2) is 5.82 Å². The summed E-state index contributed by atoms with van der Waals surface area (Å²) in [5.74, 6) is -0.111. The molecule has 5 nitrogen and oxygen atoms in total. The number of hydrogen-bond donors (Lipinski definition) is 1. The van der Waals surface area contributed by atoms with Crippen molar-refractivity contribution in [2.24, 2.45) is 0 Å². The number of carbonyl (C=O) groups is 1. The monoisotopic (exact) mass is 280 g/mol. The molecule has 0 radical (unpaired) electrons. The maximum Gasteiger partial charge on any atom is 0.303 e. The average Bonchev–Trinajstić information content (AvgIpc) is 2.40. The molecule has 0 unspecified atom stereocenters. The summed E-state index contributed by atoms with van der Waals surface area (Å²) < 4.78 is 5.65. The number of carboxylic acid groups (broad SMARTS) is 1. The zero-order chi connectivity index (χ0) is 15.3. The highest BCUT2D eigenvalue weighted by atomic mass is 16.5. The summed E-state index contributed by atoms with van der Waals surface area (Å²) in [5, 5.41) is 8.79. The number of carboxylic acids is 1. The summed E-state index contributed by atoms with van der Waals surface area (Å²) in [7, 11) is 1.68.